The summed E-state index contributed by atoms with van der Waals surface area (Å²) in [5, 5.41) is 7.37. The van der Waals surface area contributed by atoms with Gasteiger partial charge in [0, 0.05) is 45.4 Å². The third-order valence-corrected chi connectivity index (χ3v) is 6.86. The largest absolute Gasteiger partial charge is 0.444 e. The monoisotopic (exact) mass is 555 g/mol. The number of halogens is 1. The maximum Gasteiger partial charge on any atom is 0.410 e. The van der Waals surface area contributed by atoms with Crippen LogP contribution in [0.4, 0.5) is 4.79 Å². The number of amides is 1. The lowest BCUT2D eigenvalue weighted by atomic mass is 9.94. The Bertz CT molecular complexity index is 1220. The van der Waals surface area contributed by atoms with Crippen LogP contribution in [0.15, 0.2) is 60.7 Å². The van der Waals surface area contributed by atoms with Crippen molar-refractivity contribution in [2.75, 3.05) is 33.3 Å². The number of allylic oxidation sites excluding steroid dienone is 2. The number of fused-ring (bicyclic) bond motifs is 2. The third kappa shape index (κ3) is 7.75. The van der Waals surface area contributed by atoms with Gasteiger partial charge in [-0.3, -0.25) is 0 Å². The molecule has 2 atom stereocenters. The van der Waals surface area contributed by atoms with Gasteiger partial charge in [0.1, 0.15) is 11.7 Å². The number of hydrogen-bond donors (Lipinski definition) is 2. The van der Waals surface area contributed by atoms with Crippen molar-refractivity contribution in [2.24, 2.45) is 7.05 Å². The maximum atomic E-state index is 11.5. The molecule has 2 unspecified atom stereocenters. The minimum absolute atomic E-state index is 0. The van der Waals surface area contributed by atoms with Crippen molar-refractivity contribution in [3.8, 4) is 0 Å². The molecule has 2 N–H and O–H groups in total. The number of piperazine rings is 1. The first-order chi connectivity index (χ1) is 18.2. The van der Waals surface area contributed by atoms with Crippen LogP contribution in [0.25, 0.3) is 5.57 Å². The van der Waals surface area contributed by atoms with E-state index in [4.69, 9.17) is 21.1 Å². The van der Waals surface area contributed by atoms with Crippen molar-refractivity contribution in [1.82, 2.24) is 25.1 Å². The molecule has 1 saturated heterocycles. The summed E-state index contributed by atoms with van der Waals surface area (Å²) in [5.74, 6) is 0. The number of nitrogens with one attached hydrogen (secondary N) is 2. The maximum absolute atomic E-state index is 11.5. The number of hydrogen-bond acceptors (Lipinski definition) is 6. The number of dihydropyridines is 1. The molecule has 1 amide bonds. The second kappa shape index (κ2) is 13.3. The lowest BCUT2D eigenvalue weighted by molar-refractivity contribution is 0.0229. The Morgan fingerprint density at radius 1 is 1.23 bits per heavy atom. The first-order valence-corrected chi connectivity index (χ1v) is 13.3. The molecule has 2 aromatic rings. The summed E-state index contributed by atoms with van der Waals surface area (Å²) >= 11 is 6.32. The van der Waals surface area contributed by atoms with E-state index in [1.807, 2.05) is 63.0 Å². The predicted octanol–water partition coefficient (Wildman–Crippen LogP) is 5.28. The summed E-state index contributed by atoms with van der Waals surface area (Å²) in [4.78, 5) is 17.5. The molecule has 8 nitrogen and oxygen atoms in total. The van der Waals surface area contributed by atoms with Gasteiger partial charge in [-0.25, -0.2) is 9.78 Å². The molecule has 1 aromatic carbocycles. The zero-order valence-corrected chi connectivity index (χ0v) is 23.6. The van der Waals surface area contributed by atoms with Gasteiger partial charge in [-0.05, 0) is 73.9 Å². The van der Waals surface area contributed by atoms with Gasteiger partial charge < -0.3 is 29.6 Å². The topological polar surface area (TPSA) is 80.7 Å². The summed E-state index contributed by atoms with van der Waals surface area (Å²) in [6, 6.07) is 6.37. The third-order valence-electron chi connectivity index (χ3n) is 6.62. The molecule has 2 aliphatic heterocycles. The number of methoxy groups -OCH3 is 1. The molecule has 39 heavy (non-hydrogen) atoms. The molecule has 0 radical (unpaired) electrons. The van der Waals surface area contributed by atoms with Crippen molar-refractivity contribution >= 4 is 23.3 Å². The molecule has 1 aromatic heterocycles. The molecule has 0 spiro atoms. The quantitative estimate of drug-likeness (QED) is 0.537. The second-order valence-electron chi connectivity index (χ2n) is 10.6. The average molecular weight is 556 g/mol. The molecule has 5 rings (SSSR count). The summed E-state index contributed by atoms with van der Waals surface area (Å²) in [6.07, 6.45) is 12.6. The number of ether oxygens (including phenoxy) is 2. The highest BCUT2D eigenvalue weighted by Crippen LogP contribution is 2.39. The summed E-state index contributed by atoms with van der Waals surface area (Å²) in [7, 11) is 3.72. The van der Waals surface area contributed by atoms with Crippen LogP contribution in [0.2, 0.25) is 5.02 Å². The Hall–Kier alpha value is -3.07. The molecule has 3 heterocycles. The van der Waals surface area contributed by atoms with Crippen molar-refractivity contribution in [3.63, 3.8) is 0 Å². The Kier molecular flexibility index (Phi) is 10.4. The molecule has 0 saturated carbocycles. The normalized spacial score (nSPS) is 18.9. The molecule has 3 aliphatic rings. The van der Waals surface area contributed by atoms with Crippen LogP contribution in [0.3, 0.4) is 0 Å². The van der Waals surface area contributed by atoms with E-state index >= 15 is 0 Å². The van der Waals surface area contributed by atoms with E-state index in [0.29, 0.717) is 0 Å². The van der Waals surface area contributed by atoms with E-state index in [0.717, 1.165) is 54.5 Å². The van der Waals surface area contributed by atoms with Crippen LogP contribution in [0.1, 0.15) is 51.1 Å². The fraction of sp³-hybridized carbons (Fsp3) is 0.467. The van der Waals surface area contributed by atoms with Crippen molar-refractivity contribution in [1.29, 1.82) is 0 Å². The highest BCUT2D eigenvalue weighted by atomic mass is 35.5. The number of nitrogens with zero attached hydrogens (tertiary/aromatic N) is 3. The zero-order chi connectivity index (χ0) is 27.3. The van der Waals surface area contributed by atoms with Gasteiger partial charge in [-0.1, -0.05) is 37.2 Å². The Balaban J connectivity index is 0.000000256. The Morgan fingerprint density at radius 3 is 2.62 bits per heavy atom. The Labute approximate surface area is 237 Å². The van der Waals surface area contributed by atoms with Crippen LogP contribution in [0.5, 0.6) is 0 Å². The lowest BCUT2D eigenvalue weighted by Gasteiger charge is -2.30. The summed E-state index contributed by atoms with van der Waals surface area (Å²) in [5.41, 5.74) is 5.37. The minimum atomic E-state index is -0.387. The molecule has 9 heteroatoms. The summed E-state index contributed by atoms with van der Waals surface area (Å²) < 4.78 is 13.1. The number of rotatable bonds is 3. The molecular formula is C30H42ClN5O3. The Morgan fingerprint density at radius 2 is 1.97 bits per heavy atom. The lowest BCUT2D eigenvalue weighted by Crippen LogP contribution is -2.48. The van der Waals surface area contributed by atoms with Crippen LogP contribution in [-0.2, 0) is 22.9 Å². The van der Waals surface area contributed by atoms with Crippen molar-refractivity contribution in [3.05, 3.63) is 82.6 Å². The smallest absolute Gasteiger partial charge is 0.410 e. The SMILES string of the molecule is C.CC(C)(C)OC(=O)N1CCNCC1.COC(C1=CC2=CC=CNC2Cc2ccc(Cl)cc21)c1cncn1C. The fourth-order valence-electron chi connectivity index (χ4n) is 4.76. The predicted molar refractivity (Wildman–Crippen MR) is 158 cm³/mol. The number of carbonyl (C=O) groups excluding carboxylic acids is 1. The molecule has 1 fully saturated rings. The van der Waals surface area contributed by atoms with Crippen molar-refractivity contribution in [2.45, 2.75) is 52.4 Å². The number of carbonyl (C=O) groups is 1. The van der Waals surface area contributed by atoms with Crippen molar-refractivity contribution < 1.29 is 14.3 Å². The number of imidazole rings is 1. The second-order valence-corrected chi connectivity index (χ2v) is 11.0. The minimum Gasteiger partial charge on any atom is -0.444 e. The first kappa shape index (κ1) is 30.5. The van der Waals surface area contributed by atoms with Gasteiger partial charge in [-0.2, -0.15) is 0 Å². The van der Waals surface area contributed by atoms with Gasteiger partial charge in [-0.15, -0.1) is 0 Å². The van der Waals surface area contributed by atoms with E-state index < -0.39 is 0 Å². The van der Waals surface area contributed by atoms with Gasteiger partial charge in [0.05, 0.1) is 24.3 Å². The number of benzene rings is 1. The van der Waals surface area contributed by atoms with Crippen LogP contribution < -0.4 is 10.6 Å². The van der Waals surface area contributed by atoms with E-state index in [-0.39, 0.29) is 31.3 Å². The standard InChI is InChI=1S/C20H20ClN3O.C9H18N2O2.CH4/c1-24-12-22-11-19(24)20(25-2)17-8-14-4-3-7-23-18(14)9-13-5-6-15(21)10-16(13)17;1-9(2,3)13-8(12)11-6-4-10-5-7-11;/h3-8,10-12,18,20,23H,9H2,1-2H3;10H,4-7H2,1-3H3;1H4. The van der Waals surface area contributed by atoms with E-state index in [9.17, 15) is 4.79 Å². The van der Waals surface area contributed by atoms with Crippen LogP contribution in [0, 0.1) is 0 Å². The first-order valence-electron chi connectivity index (χ1n) is 13.0. The highest BCUT2D eigenvalue weighted by Gasteiger charge is 2.28. The summed E-state index contributed by atoms with van der Waals surface area (Å²) in [6.45, 7) is 8.86. The van der Waals surface area contributed by atoms with Gasteiger partial charge in [0.2, 0.25) is 0 Å². The molecule has 1 aliphatic carbocycles. The van der Waals surface area contributed by atoms with E-state index in [2.05, 4.69) is 33.8 Å². The molecular weight excluding hydrogens is 514 g/mol. The fourth-order valence-corrected chi connectivity index (χ4v) is 4.93. The van der Waals surface area contributed by atoms with Gasteiger partial charge in [0.15, 0.2) is 0 Å². The average Bonchev–Trinajstić information content (AvgIpc) is 3.23. The van der Waals surface area contributed by atoms with E-state index in [1.165, 1.54) is 11.1 Å². The van der Waals surface area contributed by atoms with Crippen LogP contribution in [-0.4, -0.2) is 65.5 Å². The van der Waals surface area contributed by atoms with Crippen LogP contribution >= 0.6 is 11.6 Å². The zero-order valence-electron chi connectivity index (χ0n) is 22.8. The highest BCUT2D eigenvalue weighted by molar-refractivity contribution is 6.30. The van der Waals surface area contributed by atoms with E-state index in [1.54, 1.807) is 18.3 Å². The molecule has 212 valence electrons. The number of aromatic nitrogens is 2. The van der Waals surface area contributed by atoms with Gasteiger partial charge in [0.25, 0.3) is 0 Å². The number of aryl methyl sites for hydroxylation is 1. The van der Waals surface area contributed by atoms with Gasteiger partial charge >= 0.3 is 6.09 Å². The molecule has 0 bridgehead atoms.